The predicted molar refractivity (Wildman–Crippen MR) is 93.3 cm³/mol. The molecular formula is C18H19N3O3. The van der Waals surface area contributed by atoms with E-state index in [-0.39, 0.29) is 17.0 Å². The topological polar surface area (TPSA) is 84.6 Å². The van der Waals surface area contributed by atoms with E-state index >= 15 is 0 Å². The lowest BCUT2D eigenvalue weighted by atomic mass is 9.87. The first kappa shape index (κ1) is 17.3. The van der Waals surface area contributed by atoms with E-state index in [1.807, 2.05) is 12.1 Å². The van der Waals surface area contributed by atoms with E-state index in [2.05, 4.69) is 31.3 Å². The highest BCUT2D eigenvalue weighted by molar-refractivity contribution is 5.94. The van der Waals surface area contributed by atoms with Gasteiger partial charge in [0.25, 0.3) is 11.6 Å². The van der Waals surface area contributed by atoms with Crippen molar-refractivity contribution >= 4 is 17.8 Å². The number of nitrogens with one attached hydrogen (secondary N) is 1. The summed E-state index contributed by atoms with van der Waals surface area (Å²) in [6, 6.07) is 13.3. The lowest BCUT2D eigenvalue weighted by molar-refractivity contribution is -0.384. The summed E-state index contributed by atoms with van der Waals surface area (Å²) in [6.07, 6.45) is 1.44. The van der Waals surface area contributed by atoms with E-state index in [0.29, 0.717) is 11.1 Å². The van der Waals surface area contributed by atoms with Crippen LogP contribution in [-0.4, -0.2) is 17.0 Å². The summed E-state index contributed by atoms with van der Waals surface area (Å²) in [5.41, 5.74) is 4.80. The number of amides is 1. The van der Waals surface area contributed by atoms with Crippen LogP contribution in [0.4, 0.5) is 5.69 Å². The third kappa shape index (κ3) is 4.49. The fraction of sp³-hybridized carbons (Fsp3) is 0.222. The summed E-state index contributed by atoms with van der Waals surface area (Å²) in [7, 11) is 0. The van der Waals surface area contributed by atoms with E-state index in [1.54, 1.807) is 24.3 Å². The second-order valence-corrected chi connectivity index (χ2v) is 6.38. The molecule has 124 valence electrons. The molecule has 0 aliphatic carbocycles. The van der Waals surface area contributed by atoms with Crippen LogP contribution in [0.5, 0.6) is 0 Å². The van der Waals surface area contributed by atoms with Crippen molar-refractivity contribution in [3.63, 3.8) is 0 Å². The third-order valence-electron chi connectivity index (χ3n) is 3.50. The number of nitrogens with zero attached hydrogens (tertiary/aromatic N) is 2. The van der Waals surface area contributed by atoms with Crippen molar-refractivity contribution < 1.29 is 9.72 Å². The van der Waals surface area contributed by atoms with Crippen LogP contribution in [-0.2, 0) is 5.41 Å². The van der Waals surface area contributed by atoms with Crippen LogP contribution in [0.15, 0.2) is 53.6 Å². The molecule has 6 heteroatoms. The lowest BCUT2D eigenvalue weighted by Crippen LogP contribution is -2.18. The zero-order chi connectivity index (χ0) is 17.7. The zero-order valence-electron chi connectivity index (χ0n) is 13.8. The molecule has 0 saturated carbocycles. The van der Waals surface area contributed by atoms with E-state index < -0.39 is 4.92 Å². The van der Waals surface area contributed by atoms with Crippen molar-refractivity contribution in [1.82, 2.24) is 5.43 Å². The molecule has 2 rings (SSSR count). The molecule has 0 radical (unpaired) electrons. The van der Waals surface area contributed by atoms with E-state index in [0.717, 1.165) is 5.56 Å². The molecule has 0 unspecified atom stereocenters. The second kappa shape index (κ2) is 7.04. The van der Waals surface area contributed by atoms with Crippen molar-refractivity contribution in [1.29, 1.82) is 0 Å². The van der Waals surface area contributed by atoms with Crippen LogP contribution >= 0.6 is 0 Å². The Hall–Kier alpha value is -3.02. The Bertz CT molecular complexity index is 758. The Morgan fingerprint density at radius 3 is 2.17 bits per heavy atom. The molecule has 0 aliphatic rings. The molecule has 0 bridgehead atoms. The monoisotopic (exact) mass is 325 g/mol. The average molecular weight is 325 g/mol. The minimum atomic E-state index is -0.468. The van der Waals surface area contributed by atoms with Crippen LogP contribution in [0, 0.1) is 10.1 Å². The highest BCUT2D eigenvalue weighted by Crippen LogP contribution is 2.22. The van der Waals surface area contributed by atoms with Gasteiger partial charge < -0.3 is 0 Å². The molecule has 2 aromatic rings. The lowest BCUT2D eigenvalue weighted by Gasteiger charge is -2.18. The van der Waals surface area contributed by atoms with Gasteiger partial charge in [0.15, 0.2) is 0 Å². The van der Waals surface area contributed by atoms with Gasteiger partial charge in [0, 0.05) is 17.7 Å². The number of hydrogen-bond acceptors (Lipinski definition) is 4. The first-order chi connectivity index (χ1) is 11.3. The Balaban J connectivity index is 1.98. The largest absolute Gasteiger partial charge is 0.271 e. The molecule has 1 N–H and O–H groups in total. The number of non-ortho nitro benzene ring substituents is 1. The van der Waals surface area contributed by atoms with Crippen LogP contribution < -0.4 is 5.43 Å². The summed E-state index contributed by atoms with van der Waals surface area (Å²) in [4.78, 5) is 22.1. The Morgan fingerprint density at radius 2 is 1.67 bits per heavy atom. The standard InChI is InChI=1S/C18H19N3O3/c1-18(2,3)15-8-6-14(7-9-15)17(22)20-19-12-13-4-10-16(11-5-13)21(23)24/h4-12H,1-3H3,(H,20,22)/b19-12-. The van der Waals surface area contributed by atoms with Gasteiger partial charge in [-0.3, -0.25) is 14.9 Å². The number of hydrogen-bond donors (Lipinski definition) is 1. The Kier molecular flexibility index (Phi) is 5.08. The molecular weight excluding hydrogens is 306 g/mol. The molecule has 0 heterocycles. The van der Waals surface area contributed by atoms with Crippen molar-refractivity contribution in [2.75, 3.05) is 0 Å². The number of hydrazone groups is 1. The second-order valence-electron chi connectivity index (χ2n) is 6.38. The maximum absolute atomic E-state index is 12.0. The van der Waals surface area contributed by atoms with Crippen LogP contribution in [0.25, 0.3) is 0 Å². The van der Waals surface area contributed by atoms with Crippen molar-refractivity contribution in [2.45, 2.75) is 26.2 Å². The molecule has 0 spiro atoms. The maximum Gasteiger partial charge on any atom is 0.271 e. The van der Waals surface area contributed by atoms with Gasteiger partial charge in [0.2, 0.25) is 0 Å². The molecule has 0 aromatic heterocycles. The van der Waals surface area contributed by atoms with Gasteiger partial charge in [0.1, 0.15) is 0 Å². The van der Waals surface area contributed by atoms with Gasteiger partial charge in [-0.2, -0.15) is 5.10 Å². The summed E-state index contributed by atoms with van der Waals surface area (Å²) in [6.45, 7) is 6.32. The molecule has 2 aromatic carbocycles. The molecule has 0 saturated heterocycles. The quantitative estimate of drug-likeness (QED) is 0.529. The number of rotatable bonds is 4. The Labute approximate surface area is 140 Å². The van der Waals surface area contributed by atoms with Gasteiger partial charge >= 0.3 is 0 Å². The molecule has 0 atom stereocenters. The van der Waals surface area contributed by atoms with Gasteiger partial charge in [0.05, 0.1) is 11.1 Å². The van der Waals surface area contributed by atoms with Crippen molar-refractivity contribution in [3.8, 4) is 0 Å². The highest BCUT2D eigenvalue weighted by atomic mass is 16.6. The highest BCUT2D eigenvalue weighted by Gasteiger charge is 2.14. The number of nitro benzene ring substituents is 1. The smallest absolute Gasteiger partial charge is 0.267 e. The van der Waals surface area contributed by atoms with Crippen molar-refractivity contribution in [3.05, 3.63) is 75.3 Å². The van der Waals surface area contributed by atoms with Gasteiger partial charge in [-0.05, 0) is 40.8 Å². The number of nitro groups is 1. The maximum atomic E-state index is 12.0. The summed E-state index contributed by atoms with van der Waals surface area (Å²) >= 11 is 0. The zero-order valence-corrected chi connectivity index (χ0v) is 13.8. The SMILES string of the molecule is CC(C)(C)c1ccc(C(=O)N/N=C\c2ccc([N+](=O)[O-])cc2)cc1. The molecule has 6 nitrogen and oxygen atoms in total. The van der Waals surface area contributed by atoms with Crippen LogP contribution in [0.1, 0.15) is 42.3 Å². The third-order valence-corrected chi connectivity index (χ3v) is 3.50. The number of carbonyl (C=O) groups excluding carboxylic acids is 1. The molecule has 0 fully saturated rings. The minimum absolute atomic E-state index is 0.00937. The number of carbonyl (C=O) groups is 1. The number of benzene rings is 2. The minimum Gasteiger partial charge on any atom is -0.267 e. The first-order valence-corrected chi connectivity index (χ1v) is 7.46. The van der Waals surface area contributed by atoms with Gasteiger partial charge in [-0.25, -0.2) is 5.43 Å². The molecule has 24 heavy (non-hydrogen) atoms. The average Bonchev–Trinajstić information content (AvgIpc) is 2.54. The summed E-state index contributed by atoms with van der Waals surface area (Å²) in [5, 5.41) is 14.4. The van der Waals surface area contributed by atoms with E-state index in [9.17, 15) is 14.9 Å². The molecule has 0 aliphatic heterocycles. The van der Waals surface area contributed by atoms with Gasteiger partial charge in [-0.1, -0.05) is 32.9 Å². The fourth-order valence-electron chi connectivity index (χ4n) is 2.03. The summed E-state index contributed by atoms with van der Waals surface area (Å²) in [5.74, 6) is -0.311. The fourth-order valence-corrected chi connectivity index (χ4v) is 2.03. The molecule has 1 amide bonds. The summed E-state index contributed by atoms with van der Waals surface area (Å²) < 4.78 is 0. The van der Waals surface area contributed by atoms with Crippen LogP contribution in [0.3, 0.4) is 0 Å². The van der Waals surface area contributed by atoms with E-state index in [1.165, 1.54) is 18.3 Å². The van der Waals surface area contributed by atoms with Crippen LogP contribution in [0.2, 0.25) is 0 Å². The first-order valence-electron chi connectivity index (χ1n) is 7.46. The van der Waals surface area contributed by atoms with Crippen molar-refractivity contribution in [2.24, 2.45) is 5.10 Å². The normalized spacial score (nSPS) is 11.5. The van der Waals surface area contributed by atoms with E-state index in [4.69, 9.17) is 0 Å². The van der Waals surface area contributed by atoms with Gasteiger partial charge in [-0.15, -0.1) is 0 Å². The Morgan fingerprint density at radius 1 is 1.08 bits per heavy atom. The predicted octanol–water partition coefficient (Wildman–Crippen LogP) is 3.66.